The molecule has 2 rings (SSSR count). The highest BCUT2D eigenvalue weighted by atomic mass is 15.0. The van der Waals surface area contributed by atoms with Crippen LogP contribution in [0.25, 0.3) is 0 Å². The summed E-state index contributed by atoms with van der Waals surface area (Å²) in [5.74, 6) is 0. The number of hydrogen-bond donors (Lipinski definition) is 1. The molecule has 96 valence electrons. The lowest BCUT2D eigenvalue weighted by Crippen LogP contribution is -2.17. The molecular formula is C16H22N2. The largest absolute Gasteiger partial charge is 0.346 e. The topological polar surface area (TPSA) is 17.0 Å². The number of nitrogens with one attached hydrogen (secondary N) is 1. The van der Waals surface area contributed by atoms with Gasteiger partial charge < -0.3 is 9.88 Å². The van der Waals surface area contributed by atoms with Crippen molar-refractivity contribution in [2.45, 2.75) is 33.4 Å². The van der Waals surface area contributed by atoms with Crippen LogP contribution >= 0.6 is 0 Å². The van der Waals surface area contributed by atoms with Gasteiger partial charge in [-0.2, -0.15) is 0 Å². The summed E-state index contributed by atoms with van der Waals surface area (Å²) in [6, 6.07) is 11.4. The zero-order valence-electron chi connectivity index (χ0n) is 11.7. The average molecular weight is 242 g/mol. The van der Waals surface area contributed by atoms with Gasteiger partial charge in [-0.3, -0.25) is 0 Å². The molecule has 1 unspecified atom stereocenters. The SMILES string of the molecule is CNC(C)c1cccn1Cc1cc(C)cc(C)c1. The van der Waals surface area contributed by atoms with Gasteiger partial charge in [0.1, 0.15) is 0 Å². The Morgan fingerprint density at radius 2 is 1.83 bits per heavy atom. The lowest BCUT2D eigenvalue weighted by atomic mass is 10.1. The molecule has 0 radical (unpaired) electrons. The molecular weight excluding hydrogens is 220 g/mol. The average Bonchev–Trinajstić information content (AvgIpc) is 2.74. The third kappa shape index (κ3) is 2.82. The molecule has 0 aliphatic heterocycles. The summed E-state index contributed by atoms with van der Waals surface area (Å²) < 4.78 is 2.31. The minimum atomic E-state index is 0.380. The van der Waals surface area contributed by atoms with E-state index < -0.39 is 0 Å². The van der Waals surface area contributed by atoms with E-state index in [-0.39, 0.29) is 0 Å². The van der Waals surface area contributed by atoms with Crippen molar-refractivity contribution in [1.82, 2.24) is 9.88 Å². The van der Waals surface area contributed by atoms with Crippen LogP contribution in [0, 0.1) is 13.8 Å². The van der Waals surface area contributed by atoms with Crippen molar-refractivity contribution in [3.63, 3.8) is 0 Å². The highest BCUT2D eigenvalue weighted by Crippen LogP contribution is 2.16. The first-order valence-corrected chi connectivity index (χ1v) is 6.49. The molecule has 0 aliphatic carbocycles. The highest BCUT2D eigenvalue weighted by molar-refractivity contribution is 5.29. The summed E-state index contributed by atoms with van der Waals surface area (Å²) >= 11 is 0. The summed E-state index contributed by atoms with van der Waals surface area (Å²) in [6.45, 7) is 7.44. The zero-order valence-corrected chi connectivity index (χ0v) is 11.7. The van der Waals surface area contributed by atoms with E-state index >= 15 is 0 Å². The van der Waals surface area contributed by atoms with Gasteiger partial charge in [0.05, 0.1) is 0 Å². The van der Waals surface area contributed by atoms with E-state index in [0.717, 1.165) is 6.54 Å². The van der Waals surface area contributed by atoms with E-state index in [2.05, 4.69) is 67.2 Å². The normalized spacial score (nSPS) is 12.7. The molecule has 0 saturated heterocycles. The van der Waals surface area contributed by atoms with Gasteiger partial charge in [-0.25, -0.2) is 0 Å². The number of aromatic nitrogens is 1. The van der Waals surface area contributed by atoms with Gasteiger partial charge in [-0.1, -0.05) is 29.3 Å². The second kappa shape index (κ2) is 5.40. The Morgan fingerprint density at radius 1 is 1.17 bits per heavy atom. The first-order valence-electron chi connectivity index (χ1n) is 6.49. The fourth-order valence-corrected chi connectivity index (χ4v) is 2.47. The van der Waals surface area contributed by atoms with E-state index in [1.54, 1.807) is 0 Å². The van der Waals surface area contributed by atoms with Gasteiger partial charge >= 0.3 is 0 Å². The standard InChI is InChI=1S/C16H22N2/c1-12-8-13(2)10-15(9-12)11-18-7-5-6-16(18)14(3)17-4/h5-10,14,17H,11H2,1-4H3. The van der Waals surface area contributed by atoms with Gasteiger partial charge in [0, 0.05) is 24.5 Å². The van der Waals surface area contributed by atoms with Crippen LogP contribution in [0.5, 0.6) is 0 Å². The minimum absolute atomic E-state index is 0.380. The van der Waals surface area contributed by atoms with Crippen molar-refractivity contribution in [2.75, 3.05) is 7.05 Å². The Morgan fingerprint density at radius 3 is 2.44 bits per heavy atom. The zero-order chi connectivity index (χ0) is 13.1. The van der Waals surface area contributed by atoms with E-state index in [1.165, 1.54) is 22.4 Å². The van der Waals surface area contributed by atoms with Gasteiger partial charge in [-0.05, 0) is 45.5 Å². The van der Waals surface area contributed by atoms with Gasteiger partial charge in [-0.15, -0.1) is 0 Å². The van der Waals surface area contributed by atoms with Crippen molar-refractivity contribution < 1.29 is 0 Å². The molecule has 1 N–H and O–H groups in total. The summed E-state index contributed by atoms with van der Waals surface area (Å²) in [4.78, 5) is 0. The van der Waals surface area contributed by atoms with E-state index in [4.69, 9.17) is 0 Å². The third-order valence-electron chi connectivity index (χ3n) is 3.38. The number of aryl methyl sites for hydroxylation is 2. The summed E-state index contributed by atoms with van der Waals surface area (Å²) in [7, 11) is 2.00. The Labute approximate surface area is 110 Å². The second-order valence-electron chi connectivity index (χ2n) is 5.07. The summed E-state index contributed by atoms with van der Waals surface area (Å²) in [5, 5.41) is 3.30. The van der Waals surface area contributed by atoms with E-state index in [0.29, 0.717) is 6.04 Å². The van der Waals surface area contributed by atoms with Crippen LogP contribution in [0.4, 0.5) is 0 Å². The Bertz CT molecular complexity index is 505. The van der Waals surface area contributed by atoms with Crippen molar-refractivity contribution >= 4 is 0 Å². The maximum Gasteiger partial charge on any atom is 0.0473 e. The molecule has 1 atom stereocenters. The fraction of sp³-hybridized carbons (Fsp3) is 0.375. The predicted molar refractivity (Wildman–Crippen MR) is 76.9 cm³/mol. The molecule has 2 nitrogen and oxygen atoms in total. The molecule has 0 amide bonds. The molecule has 0 fully saturated rings. The molecule has 1 aromatic carbocycles. The Hall–Kier alpha value is -1.54. The van der Waals surface area contributed by atoms with Crippen LogP contribution in [-0.2, 0) is 6.54 Å². The monoisotopic (exact) mass is 242 g/mol. The molecule has 18 heavy (non-hydrogen) atoms. The van der Waals surface area contributed by atoms with E-state index in [9.17, 15) is 0 Å². The minimum Gasteiger partial charge on any atom is -0.346 e. The first-order chi connectivity index (χ1) is 8.60. The smallest absolute Gasteiger partial charge is 0.0473 e. The molecule has 0 aliphatic rings. The maximum atomic E-state index is 3.30. The third-order valence-corrected chi connectivity index (χ3v) is 3.38. The lowest BCUT2D eigenvalue weighted by Gasteiger charge is -2.15. The molecule has 0 spiro atoms. The van der Waals surface area contributed by atoms with Crippen LogP contribution in [0.2, 0.25) is 0 Å². The fourth-order valence-electron chi connectivity index (χ4n) is 2.47. The quantitative estimate of drug-likeness (QED) is 0.869. The number of nitrogens with zero attached hydrogens (tertiary/aromatic N) is 1. The van der Waals surface area contributed by atoms with Crippen molar-refractivity contribution in [1.29, 1.82) is 0 Å². The van der Waals surface area contributed by atoms with Crippen molar-refractivity contribution in [3.8, 4) is 0 Å². The number of hydrogen-bond acceptors (Lipinski definition) is 1. The first kappa shape index (κ1) is 12.9. The number of rotatable bonds is 4. The molecule has 0 bridgehead atoms. The van der Waals surface area contributed by atoms with E-state index in [1.807, 2.05) is 7.05 Å². The maximum absolute atomic E-state index is 3.30. The Balaban J connectivity index is 2.26. The molecule has 2 aromatic rings. The predicted octanol–water partition coefficient (Wildman–Crippen LogP) is 3.43. The van der Waals surface area contributed by atoms with Crippen molar-refractivity contribution in [3.05, 3.63) is 58.9 Å². The second-order valence-corrected chi connectivity index (χ2v) is 5.07. The molecule has 1 heterocycles. The lowest BCUT2D eigenvalue weighted by molar-refractivity contribution is 0.589. The Kier molecular flexibility index (Phi) is 3.87. The van der Waals surface area contributed by atoms with Crippen LogP contribution in [0.15, 0.2) is 36.5 Å². The van der Waals surface area contributed by atoms with Gasteiger partial charge in [0.15, 0.2) is 0 Å². The van der Waals surface area contributed by atoms with Gasteiger partial charge in [0.25, 0.3) is 0 Å². The van der Waals surface area contributed by atoms with Crippen molar-refractivity contribution in [2.24, 2.45) is 0 Å². The molecule has 1 aromatic heterocycles. The summed E-state index contributed by atoms with van der Waals surface area (Å²) in [6.07, 6.45) is 2.15. The van der Waals surface area contributed by atoms with Crippen LogP contribution in [0.3, 0.4) is 0 Å². The summed E-state index contributed by atoms with van der Waals surface area (Å²) in [5.41, 5.74) is 5.37. The number of benzene rings is 1. The van der Waals surface area contributed by atoms with Crippen LogP contribution < -0.4 is 5.32 Å². The highest BCUT2D eigenvalue weighted by Gasteiger charge is 2.08. The molecule has 0 saturated carbocycles. The van der Waals surface area contributed by atoms with Crippen LogP contribution in [-0.4, -0.2) is 11.6 Å². The van der Waals surface area contributed by atoms with Crippen LogP contribution in [0.1, 0.15) is 35.3 Å². The van der Waals surface area contributed by atoms with Gasteiger partial charge in [0.2, 0.25) is 0 Å². The molecule has 2 heteroatoms.